The number of hydrogen-bond acceptors (Lipinski definition) is 6. The lowest BCUT2D eigenvalue weighted by Crippen LogP contribution is -2.54. The highest BCUT2D eigenvalue weighted by Gasteiger charge is 2.29. The first-order chi connectivity index (χ1) is 13.3. The van der Waals surface area contributed by atoms with E-state index in [4.69, 9.17) is 16.6 Å². The van der Waals surface area contributed by atoms with Crippen molar-refractivity contribution in [3.05, 3.63) is 35.9 Å². The average molecular weight is 392 g/mol. The molecular formula is C19H28N4O5. The lowest BCUT2D eigenvalue weighted by molar-refractivity contribution is -0.150. The van der Waals surface area contributed by atoms with E-state index >= 15 is 0 Å². The van der Waals surface area contributed by atoms with Crippen LogP contribution in [0, 0.1) is 0 Å². The van der Waals surface area contributed by atoms with E-state index in [-0.39, 0.29) is 6.42 Å². The standard InChI is InChI=1S/C19H28N4O5/c1-12(22-18(26)14(21)9-5-6-10-20)17(25)23-15(16(24)19(27)28)11-13-7-3-2-4-8-13/h2-4,7-8,12,14-15H,5-6,9-11,20-21H2,1H3,(H,22,26)(H,23,25)(H,27,28)/t12-,14-,15-/m0/s1. The Bertz CT molecular complexity index is 680. The number of carboxylic acid groups (broad SMARTS) is 1. The van der Waals surface area contributed by atoms with Crippen molar-refractivity contribution in [1.29, 1.82) is 0 Å². The van der Waals surface area contributed by atoms with Crippen LogP contribution < -0.4 is 22.1 Å². The average Bonchev–Trinajstić information content (AvgIpc) is 2.67. The van der Waals surface area contributed by atoms with Gasteiger partial charge in [0.05, 0.1) is 6.04 Å². The molecule has 0 aliphatic heterocycles. The molecule has 0 spiro atoms. The molecule has 7 N–H and O–H groups in total. The van der Waals surface area contributed by atoms with Crippen LogP contribution >= 0.6 is 0 Å². The fourth-order valence-corrected chi connectivity index (χ4v) is 2.53. The Hall–Kier alpha value is -2.78. The van der Waals surface area contributed by atoms with E-state index in [1.807, 2.05) is 0 Å². The Morgan fingerprint density at radius 3 is 2.25 bits per heavy atom. The van der Waals surface area contributed by atoms with Gasteiger partial charge in [-0.2, -0.15) is 0 Å². The predicted molar refractivity (Wildman–Crippen MR) is 103 cm³/mol. The minimum absolute atomic E-state index is 0.0248. The van der Waals surface area contributed by atoms with Crippen molar-refractivity contribution in [3.8, 4) is 0 Å². The zero-order valence-electron chi connectivity index (χ0n) is 15.9. The molecule has 0 unspecified atom stereocenters. The second-order valence-corrected chi connectivity index (χ2v) is 6.54. The summed E-state index contributed by atoms with van der Waals surface area (Å²) in [6.45, 7) is 1.94. The molecular weight excluding hydrogens is 364 g/mol. The van der Waals surface area contributed by atoms with E-state index in [1.54, 1.807) is 30.3 Å². The van der Waals surface area contributed by atoms with Crippen molar-refractivity contribution in [2.45, 2.75) is 50.7 Å². The van der Waals surface area contributed by atoms with Crippen LogP contribution in [0.5, 0.6) is 0 Å². The van der Waals surface area contributed by atoms with Crippen molar-refractivity contribution in [1.82, 2.24) is 10.6 Å². The van der Waals surface area contributed by atoms with Crippen LogP contribution in [-0.4, -0.2) is 53.3 Å². The van der Waals surface area contributed by atoms with Gasteiger partial charge in [0.2, 0.25) is 11.8 Å². The molecule has 3 atom stereocenters. The van der Waals surface area contributed by atoms with Crippen LogP contribution in [0.3, 0.4) is 0 Å². The summed E-state index contributed by atoms with van der Waals surface area (Å²) in [7, 11) is 0. The van der Waals surface area contributed by atoms with Crippen LogP contribution in [0.15, 0.2) is 30.3 Å². The Morgan fingerprint density at radius 1 is 1.04 bits per heavy atom. The van der Waals surface area contributed by atoms with Gasteiger partial charge in [-0.3, -0.25) is 14.4 Å². The summed E-state index contributed by atoms with van der Waals surface area (Å²) in [4.78, 5) is 47.5. The normalized spacial score (nSPS) is 13.8. The molecule has 0 heterocycles. The Labute approximate surface area is 163 Å². The highest BCUT2D eigenvalue weighted by molar-refractivity contribution is 6.35. The first kappa shape index (κ1) is 23.3. The van der Waals surface area contributed by atoms with Crippen molar-refractivity contribution in [2.75, 3.05) is 6.54 Å². The van der Waals surface area contributed by atoms with Gasteiger partial charge >= 0.3 is 5.97 Å². The van der Waals surface area contributed by atoms with Gasteiger partial charge in [0.25, 0.3) is 5.78 Å². The molecule has 0 fully saturated rings. The molecule has 0 saturated carbocycles. The van der Waals surface area contributed by atoms with E-state index in [1.165, 1.54) is 6.92 Å². The third kappa shape index (κ3) is 7.85. The molecule has 9 nitrogen and oxygen atoms in total. The third-order valence-electron chi connectivity index (χ3n) is 4.18. The first-order valence-corrected chi connectivity index (χ1v) is 9.13. The number of aliphatic carboxylic acids is 1. The maximum Gasteiger partial charge on any atom is 0.374 e. The zero-order valence-corrected chi connectivity index (χ0v) is 15.9. The van der Waals surface area contributed by atoms with Gasteiger partial charge in [-0.25, -0.2) is 4.79 Å². The summed E-state index contributed by atoms with van der Waals surface area (Å²) in [6, 6.07) is 5.72. The first-order valence-electron chi connectivity index (χ1n) is 9.13. The Kier molecular flexibility index (Phi) is 9.83. The topological polar surface area (TPSA) is 165 Å². The number of amides is 2. The molecule has 0 saturated heterocycles. The predicted octanol–water partition coefficient (Wildman–Crippen LogP) is -0.671. The van der Waals surface area contributed by atoms with Gasteiger partial charge in [0, 0.05) is 6.42 Å². The third-order valence-corrected chi connectivity index (χ3v) is 4.18. The lowest BCUT2D eigenvalue weighted by atomic mass is 10.0. The Morgan fingerprint density at radius 2 is 1.68 bits per heavy atom. The number of nitrogens with one attached hydrogen (secondary N) is 2. The SMILES string of the molecule is C[C@H](NC(=O)[C@@H](N)CCCCN)C(=O)N[C@@H](Cc1ccccc1)C(=O)C(=O)O. The zero-order chi connectivity index (χ0) is 21.1. The molecule has 1 rings (SSSR count). The van der Waals surface area contributed by atoms with E-state index in [9.17, 15) is 19.2 Å². The molecule has 0 aliphatic carbocycles. The number of rotatable bonds is 12. The highest BCUT2D eigenvalue weighted by Crippen LogP contribution is 2.05. The summed E-state index contributed by atoms with van der Waals surface area (Å²) in [6.07, 6.45) is 1.90. The van der Waals surface area contributed by atoms with E-state index < -0.39 is 41.7 Å². The molecule has 1 aromatic rings. The maximum atomic E-state index is 12.4. The smallest absolute Gasteiger partial charge is 0.374 e. The molecule has 0 radical (unpaired) electrons. The van der Waals surface area contributed by atoms with Gasteiger partial charge in [0.1, 0.15) is 12.1 Å². The van der Waals surface area contributed by atoms with Gasteiger partial charge in [-0.05, 0) is 31.9 Å². The number of ketones is 1. The van der Waals surface area contributed by atoms with Crippen molar-refractivity contribution < 1.29 is 24.3 Å². The number of carboxylic acids is 1. The lowest BCUT2D eigenvalue weighted by Gasteiger charge is -2.21. The highest BCUT2D eigenvalue weighted by atomic mass is 16.4. The van der Waals surface area contributed by atoms with Crippen LogP contribution in [0.2, 0.25) is 0 Å². The second kappa shape index (κ2) is 11.8. The summed E-state index contributed by atoms with van der Waals surface area (Å²) in [5.41, 5.74) is 11.9. The summed E-state index contributed by atoms with van der Waals surface area (Å²) in [5.74, 6) is -3.93. The van der Waals surface area contributed by atoms with E-state index in [0.29, 0.717) is 24.9 Å². The number of benzene rings is 1. The van der Waals surface area contributed by atoms with Gasteiger partial charge < -0.3 is 27.2 Å². The molecule has 0 aliphatic rings. The molecule has 2 amide bonds. The number of hydrogen-bond donors (Lipinski definition) is 5. The molecule has 154 valence electrons. The number of carbonyl (C=O) groups excluding carboxylic acids is 3. The fourth-order valence-electron chi connectivity index (χ4n) is 2.53. The van der Waals surface area contributed by atoms with Gasteiger partial charge in [-0.15, -0.1) is 0 Å². The number of unbranched alkanes of at least 4 members (excludes halogenated alkanes) is 1. The van der Waals surface area contributed by atoms with Gasteiger partial charge in [-0.1, -0.05) is 36.8 Å². The number of nitrogens with two attached hydrogens (primary N) is 2. The van der Waals surface area contributed by atoms with Crippen molar-refractivity contribution in [2.24, 2.45) is 11.5 Å². The molecule has 1 aromatic carbocycles. The van der Waals surface area contributed by atoms with E-state index in [2.05, 4.69) is 10.6 Å². The largest absolute Gasteiger partial charge is 0.475 e. The fraction of sp³-hybridized carbons (Fsp3) is 0.474. The van der Waals surface area contributed by atoms with Crippen LogP contribution in [0.4, 0.5) is 0 Å². The summed E-state index contributed by atoms with van der Waals surface area (Å²) >= 11 is 0. The van der Waals surface area contributed by atoms with E-state index in [0.717, 1.165) is 6.42 Å². The van der Waals surface area contributed by atoms with Crippen LogP contribution in [0.25, 0.3) is 0 Å². The maximum absolute atomic E-state index is 12.4. The molecule has 0 aromatic heterocycles. The minimum atomic E-state index is -1.64. The number of carbonyl (C=O) groups is 4. The van der Waals surface area contributed by atoms with Crippen molar-refractivity contribution in [3.63, 3.8) is 0 Å². The molecule has 9 heteroatoms. The van der Waals surface area contributed by atoms with Crippen LogP contribution in [0.1, 0.15) is 31.7 Å². The van der Waals surface area contributed by atoms with Crippen molar-refractivity contribution >= 4 is 23.6 Å². The number of Topliss-reactive ketones (excluding diaryl/α,β-unsaturated/α-hetero) is 1. The summed E-state index contributed by atoms with van der Waals surface area (Å²) < 4.78 is 0. The quantitative estimate of drug-likeness (QED) is 0.232. The second-order valence-electron chi connectivity index (χ2n) is 6.54. The molecule has 0 bridgehead atoms. The van der Waals surface area contributed by atoms with Gasteiger partial charge in [0.15, 0.2) is 0 Å². The molecule has 28 heavy (non-hydrogen) atoms. The minimum Gasteiger partial charge on any atom is -0.475 e. The van der Waals surface area contributed by atoms with Crippen LogP contribution in [-0.2, 0) is 25.6 Å². The summed E-state index contributed by atoms with van der Waals surface area (Å²) in [5, 5.41) is 13.9. The monoisotopic (exact) mass is 392 g/mol. The Balaban J connectivity index is 2.69.